The molecule has 0 aliphatic carbocycles. The lowest BCUT2D eigenvalue weighted by Crippen LogP contribution is -2.54. The van der Waals surface area contributed by atoms with Crippen molar-refractivity contribution in [3.8, 4) is 0 Å². The number of piperazine rings is 1. The minimum Gasteiger partial charge on any atom is -0.338 e. The van der Waals surface area contributed by atoms with Gasteiger partial charge in [0.25, 0.3) is 5.91 Å². The Morgan fingerprint density at radius 1 is 1.00 bits per heavy atom. The molecule has 1 aromatic heterocycles. The molecule has 2 aromatic rings. The van der Waals surface area contributed by atoms with E-state index in [9.17, 15) is 9.59 Å². The average molecular weight is 380 g/mol. The Kier molecular flexibility index (Phi) is 6.99. The fourth-order valence-electron chi connectivity index (χ4n) is 2.88. The van der Waals surface area contributed by atoms with Crippen LogP contribution in [0, 0.1) is 0 Å². The van der Waals surface area contributed by atoms with Gasteiger partial charge in [-0.1, -0.05) is 36.4 Å². The van der Waals surface area contributed by atoms with Crippen LogP contribution in [0.5, 0.6) is 0 Å². The zero-order valence-corrected chi connectivity index (χ0v) is 15.5. The Balaban J connectivity index is 0.00000225. The fourth-order valence-corrected chi connectivity index (χ4v) is 3.57. The summed E-state index contributed by atoms with van der Waals surface area (Å²) in [5, 5.41) is 1.90. The Morgan fingerprint density at radius 2 is 1.64 bits per heavy atom. The number of carbonyl (C=O) groups excluding carboxylic acids is 2. The number of benzene rings is 1. The molecule has 2 amide bonds. The van der Waals surface area contributed by atoms with Crippen LogP contribution >= 0.6 is 23.7 Å². The van der Waals surface area contributed by atoms with Gasteiger partial charge < -0.3 is 15.5 Å². The summed E-state index contributed by atoms with van der Waals surface area (Å²) in [5.74, 6) is 0.00718. The summed E-state index contributed by atoms with van der Waals surface area (Å²) in [5.41, 5.74) is 7.14. The average Bonchev–Trinajstić information content (AvgIpc) is 3.16. The minimum absolute atomic E-state index is 0. The standard InChI is InChI=1S/C18H21N3O2S.ClH/c19-15(13-14-5-2-1-3-6-14)17(22)20-8-10-21(11-9-20)18(23)16-7-4-12-24-16;/h1-7,12,15H,8-11,13,19H2;1H/t15-;/m0./s1. The molecule has 1 atom stereocenters. The molecule has 0 bridgehead atoms. The quantitative estimate of drug-likeness (QED) is 0.883. The number of rotatable bonds is 4. The molecule has 1 aromatic carbocycles. The van der Waals surface area contributed by atoms with Crippen molar-refractivity contribution in [2.45, 2.75) is 12.5 Å². The second-order valence-electron chi connectivity index (χ2n) is 5.89. The Labute approximate surface area is 157 Å². The van der Waals surface area contributed by atoms with E-state index < -0.39 is 6.04 Å². The number of hydrogen-bond acceptors (Lipinski definition) is 4. The predicted molar refractivity (Wildman–Crippen MR) is 102 cm³/mol. The zero-order chi connectivity index (χ0) is 16.9. The van der Waals surface area contributed by atoms with Crippen molar-refractivity contribution >= 4 is 35.6 Å². The van der Waals surface area contributed by atoms with Gasteiger partial charge in [-0.05, 0) is 23.4 Å². The second kappa shape index (κ2) is 8.99. The van der Waals surface area contributed by atoms with Gasteiger partial charge >= 0.3 is 0 Å². The van der Waals surface area contributed by atoms with Crippen molar-refractivity contribution in [1.82, 2.24) is 9.80 Å². The molecule has 1 saturated heterocycles. The van der Waals surface area contributed by atoms with Gasteiger partial charge in [0.05, 0.1) is 10.9 Å². The van der Waals surface area contributed by atoms with E-state index in [1.807, 2.05) is 47.8 Å². The van der Waals surface area contributed by atoms with Crippen LogP contribution in [0.25, 0.3) is 0 Å². The van der Waals surface area contributed by atoms with E-state index in [2.05, 4.69) is 0 Å². The van der Waals surface area contributed by atoms with E-state index in [4.69, 9.17) is 5.73 Å². The van der Waals surface area contributed by atoms with Crippen LogP contribution in [-0.2, 0) is 11.2 Å². The molecule has 0 unspecified atom stereocenters. The topological polar surface area (TPSA) is 66.6 Å². The molecule has 7 heteroatoms. The van der Waals surface area contributed by atoms with Crippen LogP contribution in [0.2, 0.25) is 0 Å². The van der Waals surface area contributed by atoms with E-state index in [-0.39, 0.29) is 24.2 Å². The highest BCUT2D eigenvalue weighted by Gasteiger charge is 2.27. The van der Waals surface area contributed by atoms with Gasteiger partial charge in [-0.3, -0.25) is 9.59 Å². The first-order chi connectivity index (χ1) is 11.6. The Morgan fingerprint density at radius 3 is 2.24 bits per heavy atom. The van der Waals surface area contributed by atoms with Gasteiger partial charge in [0.1, 0.15) is 0 Å². The van der Waals surface area contributed by atoms with Crippen LogP contribution < -0.4 is 5.73 Å². The maximum Gasteiger partial charge on any atom is 0.264 e. The lowest BCUT2D eigenvalue weighted by molar-refractivity contribution is -0.134. The molecular formula is C18H22ClN3O2S. The van der Waals surface area contributed by atoms with Crippen molar-refractivity contribution in [2.24, 2.45) is 5.73 Å². The van der Waals surface area contributed by atoms with E-state index >= 15 is 0 Å². The monoisotopic (exact) mass is 379 g/mol. The predicted octanol–water partition coefficient (Wildman–Crippen LogP) is 2.02. The van der Waals surface area contributed by atoms with Crippen molar-refractivity contribution in [2.75, 3.05) is 26.2 Å². The fraction of sp³-hybridized carbons (Fsp3) is 0.333. The summed E-state index contributed by atoms with van der Waals surface area (Å²) in [6.45, 7) is 2.19. The number of thiophene rings is 1. The molecule has 3 rings (SSSR count). The van der Waals surface area contributed by atoms with Gasteiger partial charge in [-0.15, -0.1) is 23.7 Å². The third-order valence-electron chi connectivity index (χ3n) is 4.23. The first-order valence-electron chi connectivity index (χ1n) is 8.06. The summed E-state index contributed by atoms with van der Waals surface area (Å²) in [6.07, 6.45) is 0.536. The number of halogens is 1. The van der Waals surface area contributed by atoms with Crippen molar-refractivity contribution in [3.05, 3.63) is 58.3 Å². The summed E-state index contributed by atoms with van der Waals surface area (Å²) >= 11 is 1.45. The number of hydrogen-bond donors (Lipinski definition) is 1. The molecule has 1 fully saturated rings. The van der Waals surface area contributed by atoms with E-state index in [1.54, 1.807) is 9.80 Å². The molecule has 134 valence electrons. The first-order valence-corrected chi connectivity index (χ1v) is 8.94. The van der Waals surface area contributed by atoms with Gasteiger partial charge in [-0.25, -0.2) is 0 Å². The molecular weight excluding hydrogens is 358 g/mol. The smallest absolute Gasteiger partial charge is 0.264 e. The molecule has 1 aliphatic rings. The van der Waals surface area contributed by atoms with Crippen LogP contribution in [0.4, 0.5) is 0 Å². The SMILES string of the molecule is Cl.N[C@@H](Cc1ccccc1)C(=O)N1CCN(C(=O)c2cccs2)CC1. The molecule has 2 N–H and O–H groups in total. The molecule has 1 aliphatic heterocycles. The van der Waals surface area contributed by atoms with Crippen molar-refractivity contribution < 1.29 is 9.59 Å². The van der Waals surface area contributed by atoms with Crippen LogP contribution in [0.1, 0.15) is 15.2 Å². The van der Waals surface area contributed by atoms with E-state index in [0.717, 1.165) is 10.4 Å². The van der Waals surface area contributed by atoms with Crippen molar-refractivity contribution in [3.63, 3.8) is 0 Å². The number of nitrogens with two attached hydrogens (primary N) is 1. The van der Waals surface area contributed by atoms with Gasteiger partial charge in [0, 0.05) is 26.2 Å². The lowest BCUT2D eigenvalue weighted by Gasteiger charge is -2.35. The summed E-state index contributed by atoms with van der Waals surface area (Å²) in [4.78, 5) is 29.1. The molecule has 5 nitrogen and oxygen atoms in total. The van der Waals surface area contributed by atoms with Crippen LogP contribution in [0.3, 0.4) is 0 Å². The molecule has 0 radical (unpaired) electrons. The van der Waals surface area contributed by atoms with Gasteiger partial charge in [-0.2, -0.15) is 0 Å². The van der Waals surface area contributed by atoms with E-state index in [1.165, 1.54) is 11.3 Å². The van der Waals surface area contributed by atoms with Crippen LogP contribution in [-0.4, -0.2) is 53.8 Å². The van der Waals surface area contributed by atoms with Gasteiger partial charge in [0.2, 0.25) is 5.91 Å². The molecule has 2 heterocycles. The normalized spacial score (nSPS) is 15.4. The molecule has 0 spiro atoms. The van der Waals surface area contributed by atoms with Crippen LogP contribution in [0.15, 0.2) is 47.8 Å². The summed E-state index contributed by atoms with van der Waals surface area (Å²) < 4.78 is 0. The number of carbonyl (C=O) groups is 2. The van der Waals surface area contributed by atoms with Gasteiger partial charge in [0.15, 0.2) is 0 Å². The minimum atomic E-state index is -0.535. The zero-order valence-electron chi connectivity index (χ0n) is 13.8. The van der Waals surface area contributed by atoms with E-state index in [0.29, 0.717) is 32.6 Å². The van der Waals surface area contributed by atoms with Crippen molar-refractivity contribution in [1.29, 1.82) is 0 Å². The molecule has 25 heavy (non-hydrogen) atoms. The second-order valence-corrected chi connectivity index (χ2v) is 6.84. The maximum absolute atomic E-state index is 12.5. The third kappa shape index (κ3) is 4.81. The first kappa shape index (κ1) is 19.4. The maximum atomic E-state index is 12.5. The highest BCUT2D eigenvalue weighted by atomic mass is 35.5. The number of nitrogens with zero attached hydrogens (tertiary/aromatic N) is 2. The molecule has 0 saturated carbocycles. The summed E-state index contributed by atoms with van der Waals surface area (Å²) in [6, 6.07) is 13.0. The lowest BCUT2D eigenvalue weighted by atomic mass is 10.1. The largest absolute Gasteiger partial charge is 0.338 e. The third-order valence-corrected chi connectivity index (χ3v) is 5.08. The number of amides is 2. The summed E-state index contributed by atoms with van der Waals surface area (Å²) in [7, 11) is 0. The highest BCUT2D eigenvalue weighted by molar-refractivity contribution is 7.12. The Hall–Kier alpha value is -1.89. The highest BCUT2D eigenvalue weighted by Crippen LogP contribution is 2.14. The Bertz CT molecular complexity index is 686.